The van der Waals surface area contributed by atoms with Gasteiger partial charge >= 0.3 is 0 Å². The average Bonchev–Trinajstić information content (AvgIpc) is 2.09. The minimum Gasteiger partial charge on any atom is -0.389 e. The van der Waals surface area contributed by atoms with Crippen molar-refractivity contribution in [3.8, 4) is 0 Å². The molecule has 1 aliphatic rings. The number of ether oxygens (including phenoxy) is 1. The van der Waals surface area contributed by atoms with Crippen molar-refractivity contribution in [2.24, 2.45) is 0 Å². The Bertz CT molecular complexity index is 138. The van der Waals surface area contributed by atoms with Gasteiger partial charge in [0.25, 0.3) is 0 Å². The predicted molar refractivity (Wildman–Crippen MR) is 61.4 cm³/mol. The van der Waals surface area contributed by atoms with Crippen molar-refractivity contribution in [1.29, 1.82) is 0 Å². The third kappa shape index (κ3) is 4.58. The van der Waals surface area contributed by atoms with Gasteiger partial charge in [-0.25, -0.2) is 0 Å². The summed E-state index contributed by atoms with van der Waals surface area (Å²) in [4.78, 5) is 2.32. The van der Waals surface area contributed by atoms with Crippen LogP contribution in [-0.4, -0.2) is 53.4 Å². The molecule has 78 valence electrons. The highest BCUT2D eigenvalue weighted by atomic mass is 127. The highest BCUT2D eigenvalue weighted by molar-refractivity contribution is 14.1. The first kappa shape index (κ1) is 11.7. The highest BCUT2D eigenvalue weighted by Gasteiger charge is 2.18. The van der Waals surface area contributed by atoms with Gasteiger partial charge in [0.1, 0.15) is 0 Å². The van der Waals surface area contributed by atoms with E-state index in [2.05, 4.69) is 27.5 Å². The highest BCUT2D eigenvalue weighted by Crippen LogP contribution is 2.17. The summed E-state index contributed by atoms with van der Waals surface area (Å²) < 4.78 is 5.72. The predicted octanol–water partition coefficient (Wildman–Crippen LogP) is 0.893. The number of rotatable bonds is 4. The van der Waals surface area contributed by atoms with Crippen molar-refractivity contribution in [2.45, 2.75) is 22.9 Å². The van der Waals surface area contributed by atoms with Crippen LogP contribution in [0, 0.1) is 0 Å². The standard InChI is InChI=1S/C9H18INO2/c1-13-7-9(12)6-11-4-2-8(10)3-5-11/h8-9,12H,2-7H2,1H3. The average molecular weight is 299 g/mol. The summed E-state index contributed by atoms with van der Waals surface area (Å²) in [5, 5.41) is 9.50. The van der Waals surface area contributed by atoms with Crippen molar-refractivity contribution >= 4 is 22.6 Å². The van der Waals surface area contributed by atoms with Crippen molar-refractivity contribution < 1.29 is 9.84 Å². The number of aliphatic hydroxyl groups is 1. The van der Waals surface area contributed by atoms with Gasteiger partial charge in [-0.3, -0.25) is 0 Å². The van der Waals surface area contributed by atoms with Crippen LogP contribution in [0.25, 0.3) is 0 Å². The van der Waals surface area contributed by atoms with Crippen LogP contribution in [0.1, 0.15) is 12.8 Å². The van der Waals surface area contributed by atoms with Crippen molar-refractivity contribution in [1.82, 2.24) is 4.90 Å². The number of hydrogen-bond donors (Lipinski definition) is 1. The maximum Gasteiger partial charge on any atom is 0.0900 e. The Hall–Kier alpha value is 0.610. The Morgan fingerprint density at radius 2 is 2.15 bits per heavy atom. The molecule has 1 saturated heterocycles. The van der Waals surface area contributed by atoms with Gasteiger partial charge in [0.15, 0.2) is 0 Å². The summed E-state index contributed by atoms with van der Waals surface area (Å²) in [5.41, 5.74) is 0. The first-order valence-electron chi connectivity index (χ1n) is 4.76. The number of hydrogen-bond acceptors (Lipinski definition) is 3. The van der Waals surface area contributed by atoms with E-state index in [-0.39, 0.29) is 6.10 Å². The first-order valence-corrected chi connectivity index (χ1v) is 6.00. The van der Waals surface area contributed by atoms with Crippen LogP contribution in [-0.2, 0) is 4.74 Å². The van der Waals surface area contributed by atoms with Crippen LogP contribution >= 0.6 is 22.6 Å². The number of piperidine rings is 1. The van der Waals surface area contributed by atoms with Crippen LogP contribution in [0.5, 0.6) is 0 Å². The quantitative estimate of drug-likeness (QED) is 0.618. The molecular formula is C9H18INO2. The molecule has 1 heterocycles. The Labute approximate surface area is 93.6 Å². The summed E-state index contributed by atoms with van der Waals surface area (Å²) in [7, 11) is 1.63. The molecule has 0 aromatic rings. The second-order valence-electron chi connectivity index (χ2n) is 3.58. The number of likely N-dealkylation sites (tertiary alicyclic amines) is 1. The van der Waals surface area contributed by atoms with Crippen molar-refractivity contribution in [3.63, 3.8) is 0 Å². The molecule has 4 heteroatoms. The van der Waals surface area contributed by atoms with E-state index in [9.17, 15) is 5.11 Å². The lowest BCUT2D eigenvalue weighted by atomic mass is 10.1. The fourth-order valence-electron chi connectivity index (χ4n) is 1.63. The lowest BCUT2D eigenvalue weighted by Gasteiger charge is -2.30. The number of methoxy groups -OCH3 is 1. The summed E-state index contributed by atoms with van der Waals surface area (Å²) in [6, 6.07) is 0. The molecule has 1 fully saturated rings. The normalized spacial score (nSPS) is 23.3. The van der Waals surface area contributed by atoms with Gasteiger partial charge < -0.3 is 14.7 Å². The fourth-order valence-corrected chi connectivity index (χ4v) is 2.18. The second kappa shape index (κ2) is 6.16. The largest absolute Gasteiger partial charge is 0.389 e. The van der Waals surface area contributed by atoms with Gasteiger partial charge in [-0.1, -0.05) is 22.6 Å². The van der Waals surface area contributed by atoms with E-state index in [0.29, 0.717) is 6.61 Å². The minimum atomic E-state index is -0.323. The SMILES string of the molecule is COCC(O)CN1CCC(I)CC1. The zero-order valence-electron chi connectivity index (χ0n) is 8.08. The van der Waals surface area contributed by atoms with Crippen LogP contribution in [0.15, 0.2) is 0 Å². The summed E-state index contributed by atoms with van der Waals surface area (Å²) in [5.74, 6) is 0. The minimum absolute atomic E-state index is 0.323. The van der Waals surface area contributed by atoms with Gasteiger partial charge in [0, 0.05) is 17.6 Å². The number of halogens is 1. The molecule has 1 unspecified atom stereocenters. The number of alkyl halides is 1. The zero-order valence-corrected chi connectivity index (χ0v) is 10.2. The second-order valence-corrected chi connectivity index (χ2v) is 5.35. The van der Waals surface area contributed by atoms with Gasteiger partial charge in [-0.05, 0) is 25.9 Å². The van der Waals surface area contributed by atoms with Gasteiger partial charge in [-0.15, -0.1) is 0 Å². The molecule has 1 rings (SSSR count). The van der Waals surface area contributed by atoms with Gasteiger partial charge in [-0.2, -0.15) is 0 Å². The molecule has 0 aliphatic carbocycles. The molecule has 0 radical (unpaired) electrons. The number of nitrogens with zero attached hydrogens (tertiary/aromatic N) is 1. The maximum atomic E-state index is 9.50. The van der Waals surface area contributed by atoms with E-state index in [1.54, 1.807) is 7.11 Å². The monoisotopic (exact) mass is 299 g/mol. The van der Waals surface area contributed by atoms with Gasteiger partial charge in [0.05, 0.1) is 12.7 Å². The van der Waals surface area contributed by atoms with Crippen LogP contribution in [0.4, 0.5) is 0 Å². The Kier molecular flexibility index (Phi) is 5.54. The summed E-state index contributed by atoms with van der Waals surface area (Å²) in [6.07, 6.45) is 2.18. The van der Waals surface area contributed by atoms with Crippen LogP contribution < -0.4 is 0 Å². The van der Waals surface area contributed by atoms with E-state index in [4.69, 9.17) is 4.74 Å². The molecule has 1 N–H and O–H groups in total. The lowest BCUT2D eigenvalue weighted by Crippen LogP contribution is -2.40. The molecule has 0 aromatic heterocycles. The van der Waals surface area contributed by atoms with Crippen LogP contribution in [0.2, 0.25) is 0 Å². The molecule has 0 bridgehead atoms. The molecule has 13 heavy (non-hydrogen) atoms. The molecule has 0 amide bonds. The molecule has 0 spiro atoms. The lowest BCUT2D eigenvalue weighted by molar-refractivity contribution is 0.0341. The summed E-state index contributed by atoms with van der Waals surface area (Å²) in [6.45, 7) is 3.45. The third-order valence-electron chi connectivity index (χ3n) is 2.35. The molecule has 3 nitrogen and oxygen atoms in total. The summed E-state index contributed by atoms with van der Waals surface area (Å²) >= 11 is 2.50. The van der Waals surface area contributed by atoms with Crippen LogP contribution in [0.3, 0.4) is 0 Å². The van der Waals surface area contributed by atoms with Crippen molar-refractivity contribution in [2.75, 3.05) is 33.4 Å². The first-order chi connectivity index (χ1) is 6.22. The number of β-amino-alcohol motifs (C(OH)–C–C–N with tert-alkyl or cyclic N) is 1. The molecule has 0 aromatic carbocycles. The Balaban J connectivity index is 2.14. The van der Waals surface area contributed by atoms with Gasteiger partial charge in [0.2, 0.25) is 0 Å². The molecule has 1 aliphatic heterocycles. The van der Waals surface area contributed by atoms with Crippen molar-refractivity contribution in [3.05, 3.63) is 0 Å². The van der Waals surface area contributed by atoms with E-state index in [1.165, 1.54) is 12.8 Å². The van der Waals surface area contributed by atoms with E-state index in [1.807, 2.05) is 0 Å². The van der Waals surface area contributed by atoms with E-state index in [0.717, 1.165) is 23.6 Å². The molecular weight excluding hydrogens is 281 g/mol. The fraction of sp³-hybridized carbons (Fsp3) is 1.00. The van der Waals surface area contributed by atoms with E-state index < -0.39 is 0 Å². The van der Waals surface area contributed by atoms with E-state index >= 15 is 0 Å². The topological polar surface area (TPSA) is 32.7 Å². The Morgan fingerprint density at radius 3 is 2.69 bits per heavy atom. The molecule has 0 saturated carbocycles. The Morgan fingerprint density at radius 1 is 1.54 bits per heavy atom. The maximum absolute atomic E-state index is 9.50. The smallest absolute Gasteiger partial charge is 0.0900 e. The molecule has 1 atom stereocenters. The third-order valence-corrected chi connectivity index (χ3v) is 3.59. The zero-order chi connectivity index (χ0) is 9.68. The number of aliphatic hydroxyl groups excluding tert-OH is 1.